The highest BCUT2D eigenvalue weighted by molar-refractivity contribution is 6.30. The first-order chi connectivity index (χ1) is 12.8. The number of halogens is 4. The molecule has 0 N–H and O–H groups in total. The average molecular weight is 391 g/mol. The molecule has 0 saturated carbocycles. The molecule has 6 heteroatoms. The van der Waals surface area contributed by atoms with Crippen molar-refractivity contribution in [2.75, 3.05) is 0 Å². The monoisotopic (exact) mass is 390 g/mol. The van der Waals surface area contributed by atoms with Gasteiger partial charge in [-0.15, -0.1) is 0 Å². The van der Waals surface area contributed by atoms with E-state index < -0.39 is 11.7 Å². The van der Waals surface area contributed by atoms with Crippen molar-refractivity contribution in [2.45, 2.75) is 12.8 Å². The van der Waals surface area contributed by atoms with Crippen LogP contribution in [0, 0.1) is 0 Å². The number of carbonyl (C=O) groups excluding carboxylic acids is 1. The van der Waals surface area contributed by atoms with Gasteiger partial charge in [0.2, 0.25) is 0 Å². The fourth-order valence-electron chi connectivity index (χ4n) is 2.53. The van der Waals surface area contributed by atoms with Crippen molar-refractivity contribution in [3.05, 3.63) is 100 Å². The summed E-state index contributed by atoms with van der Waals surface area (Å²) in [5, 5.41) is 0.533. The molecule has 2 nitrogen and oxygen atoms in total. The van der Waals surface area contributed by atoms with Gasteiger partial charge in [0.05, 0.1) is 5.56 Å². The minimum atomic E-state index is -4.39. The molecule has 0 amide bonds. The fraction of sp³-hybridized carbons (Fsp3) is 0.0952. The van der Waals surface area contributed by atoms with Gasteiger partial charge in [-0.1, -0.05) is 35.9 Å². The van der Waals surface area contributed by atoms with Crippen LogP contribution in [0.1, 0.15) is 27.0 Å². The van der Waals surface area contributed by atoms with Crippen LogP contribution in [0.25, 0.3) is 0 Å². The fourth-order valence-corrected chi connectivity index (χ4v) is 2.65. The van der Waals surface area contributed by atoms with Crippen molar-refractivity contribution >= 4 is 17.4 Å². The molecule has 0 atom stereocenters. The van der Waals surface area contributed by atoms with Crippen molar-refractivity contribution < 1.29 is 22.7 Å². The third-order valence-corrected chi connectivity index (χ3v) is 4.20. The third-order valence-electron chi connectivity index (χ3n) is 3.94. The quantitative estimate of drug-likeness (QED) is 0.487. The molecule has 0 heterocycles. The van der Waals surface area contributed by atoms with Crippen LogP contribution in [-0.4, -0.2) is 5.78 Å². The van der Waals surface area contributed by atoms with Gasteiger partial charge in [-0.3, -0.25) is 4.79 Å². The SMILES string of the molecule is O=C(c1ccc(Cl)cc1)c1ccccc1COc1ccc(C(F)(F)F)cc1. The first-order valence-electron chi connectivity index (χ1n) is 8.03. The first-order valence-corrected chi connectivity index (χ1v) is 8.40. The van der Waals surface area contributed by atoms with Crippen molar-refractivity contribution in [3.63, 3.8) is 0 Å². The number of ether oxygens (including phenoxy) is 1. The van der Waals surface area contributed by atoms with Crippen molar-refractivity contribution in [1.82, 2.24) is 0 Å². The van der Waals surface area contributed by atoms with Crippen molar-refractivity contribution in [2.24, 2.45) is 0 Å². The molecule has 0 aromatic heterocycles. The highest BCUT2D eigenvalue weighted by Gasteiger charge is 2.30. The van der Waals surface area contributed by atoms with E-state index in [1.807, 2.05) is 0 Å². The lowest BCUT2D eigenvalue weighted by Crippen LogP contribution is -2.08. The Balaban J connectivity index is 1.76. The van der Waals surface area contributed by atoms with Crippen molar-refractivity contribution in [1.29, 1.82) is 0 Å². The van der Waals surface area contributed by atoms with Crippen LogP contribution in [0.3, 0.4) is 0 Å². The third kappa shape index (κ3) is 4.68. The number of hydrogen-bond donors (Lipinski definition) is 0. The molecule has 0 radical (unpaired) electrons. The van der Waals surface area contributed by atoms with Crippen molar-refractivity contribution in [3.8, 4) is 5.75 Å². The minimum Gasteiger partial charge on any atom is -0.489 e. The Morgan fingerprint density at radius 2 is 1.52 bits per heavy atom. The summed E-state index contributed by atoms with van der Waals surface area (Å²) in [6.07, 6.45) is -4.39. The second-order valence-corrected chi connectivity index (χ2v) is 6.24. The highest BCUT2D eigenvalue weighted by atomic mass is 35.5. The molecule has 138 valence electrons. The summed E-state index contributed by atoms with van der Waals surface area (Å²) in [5.74, 6) is 0.107. The predicted octanol–water partition coefficient (Wildman–Crippen LogP) is 6.17. The normalized spacial score (nSPS) is 11.3. The van der Waals surface area contributed by atoms with Crippen LogP contribution in [0.5, 0.6) is 5.75 Å². The van der Waals surface area contributed by atoms with E-state index in [2.05, 4.69) is 0 Å². The molecule has 3 aromatic carbocycles. The lowest BCUT2D eigenvalue weighted by atomic mass is 9.99. The van der Waals surface area contributed by atoms with E-state index in [1.165, 1.54) is 12.1 Å². The molecule has 0 spiro atoms. The Hall–Kier alpha value is -2.79. The van der Waals surface area contributed by atoms with Crippen LogP contribution in [0.2, 0.25) is 5.02 Å². The minimum absolute atomic E-state index is 0.0564. The zero-order valence-electron chi connectivity index (χ0n) is 14.0. The summed E-state index contributed by atoms with van der Waals surface area (Å²) in [4.78, 5) is 12.7. The van der Waals surface area contributed by atoms with Gasteiger partial charge >= 0.3 is 6.18 Å². The smallest absolute Gasteiger partial charge is 0.416 e. The topological polar surface area (TPSA) is 26.3 Å². The zero-order valence-corrected chi connectivity index (χ0v) is 14.7. The molecule has 0 aliphatic carbocycles. The van der Waals surface area contributed by atoms with E-state index in [9.17, 15) is 18.0 Å². The van der Waals surface area contributed by atoms with E-state index in [0.717, 1.165) is 12.1 Å². The van der Waals surface area contributed by atoms with Crippen LogP contribution < -0.4 is 4.74 Å². The molecular weight excluding hydrogens is 377 g/mol. The molecule has 0 saturated heterocycles. The number of hydrogen-bond acceptors (Lipinski definition) is 2. The predicted molar refractivity (Wildman–Crippen MR) is 97.1 cm³/mol. The maximum atomic E-state index is 12.7. The number of ketones is 1. The molecule has 0 aliphatic heterocycles. The second kappa shape index (κ2) is 7.84. The number of rotatable bonds is 5. The Labute approximate surface area is 159 Å². The summed E-state index contributed by atoms with van der Waals surface area (Å²) in [6.45, 7) is 0.0564. The van der Waals surface area contributed by atoms with Gasteiger partial charge in [-0.25, -0.2) is 0 Å². The Morgan fingerprint density at radius 1 is 0.889 bits per heavy atom. The van der Waals surface area contributed by atoms with Gasteiger partial charge in [0.25, 0.3) is 0 Å². The van der Waals surface area contributed by atoms with Gasteiger partial charge in [-0.2, -0.15) is 13.2 Å². The lowest BCUT2D eigenvalue weighted by Gasteiger charge is -2.12. The molecule has 3 rings (SSSR count). The number of benzene rings is 3. The Morgan fingerprint density at radius 3 is 2.15 bits per heavy atom. The van der Waals surface area contributed by atoms with Gasteiger partial charge in [-0.05, 0) is 48.5 Å². The molecule has 0 fully saturated rings. The van der Waals surface area contributed by atoms with E-state index in [1.54, 1.807) is 48.5 Å². The molecule has 0 aliphatic rings. The van der Waals surface area contributed by atoms with Gasteiger partial charge < -0.3 is 4.74 Å². The second-order valence-electron chi connectivity index (χ2n) is 5.80. The van der Waals surface area contributed by atoms with E-state index in [4.69, 9.17) is 16.3 Å². The van der Waals surface area contributed by atoms with Crippen LogP contribution in [0.15, 0.2) is 72.8 Å². The van der Waals surface area contributed by atoms with Gasteiger partial charge in [0.1, 0.15) is 12.4 Å². The Bertz CT molecular complexity index is 933. The summed E-state index contributed by atoms with van der Waals surface area (Å²) in [5.41, 5.74) is 0.846. The Kier molecular flexibility index (Phi) is 5.51. The zero-order chi connectivity index (χ0) is 19.4. The number of alkyl halides is 3. The van der Waals surface area contributed by atoms with E-state index in [0.29, 0.717) is 21.7 Å². The summed E-state index contributed by atoms with van der Waals surface area (Å²) < 4.78 is 43.4. The van der Waals surface area contributed by atoms with E-state index in [-0.39, 0.29) is 18.1 Å². The molecule has 0 bridgehead atoms. The molecule has 0 unspecified atom stereocenters. The summed E-state index contributed by atoms with van der Waals surface area (Å²) >= 11 is 5.85. The maximum Gasteiger partial charge on any atom is 0.416 e. The molecule has 27 heavy (non-hydrogen) atoms. The van der Waals surface area contributed by atoms with Crippen LogP contribution in [-0.2, 0) is 12.8 Å². The molecular formula is C21H14ClF3O2. The maximum absolute atomic E-state index is 12.7. The van der Waals surface area contributed by atoms with Gasteiger partial charge in [0, 0.05) is 21.7 Å². The number of carbonyl (C=O) groups is 1. The summed E-state index contributed by atoms with van der Waals surface area (Å²) in [7, 11) is 0. The van der Waals surface area contributed by atoms with E-state index >= 15 is 0 Å². The lowest BCUT2D eigenvalue weighted by molar-refractivity contribution is -0.137. The van der Waals surface area contributed by atoms with Gasteiger partial charge in [0.15, 0.2) is 5.78 Å². The van der Waals surface area contributed by atoms with Crippen LogP contribution >= 0.6 is 11.6 Å². The standard InChI is InChI=1S/C21H14ClF3O2/c22-17-9-5-14(6-10-17)20(26)19-4-2-1-3-15(19)13-27-18-11-7-16(8-12-18)21(23,24)25/h1-12H,13H2. The highest BCUT2D eigenvalue weighted by Crippen LogP contribution is 2.30. The molecule has 3 aromatic rings. The first kappa shape index (κ1) is 19.0. The summed E-state index contributed by atoms with van der Waals surface area (Å²) in [6, 6.07) is 17.9. The largest absolute Gasteiger partial charge is 0.489 e. The van der Waals surface area contributed by atoms with Crippen LogP contribution in [0.4, 0.5) is 13.2 Å². The average Bonchev–Trinajstić information content (AvgIpc) is 2.66.